The molecule has 2 aliphatic heterocycles. The number of rotatable bonds is 5. The fourth-order valence-electron chi connectivity index (χ4n) is 2.48. The summed E-state index contributed by atoms with van der Waals surface area (Å²) in [7, 11) is 0. The van der Waals surface area contributed by atoms with E-state index in [1.54, 1.807) is 24.3 Å². The van der Waals surface area contributed by atoms with Crippen molar-refractivity contribution in [3.8, 4) is 5.75 Å². The van der Waals surface area contributed by atoms with Crippen molar-refractivity contribution in [1.82, 2.24) is 10.2 Å². The van der Waals surface area contributed by atoms with Crippen LogP contribution in [0.5, 0.6) is 5.75 Å². The summed E-state index contributed by atoms with van der Waals surface area (Å²) in [4.78, 5) is 45.2. The van der Waals surface area contributed by atoms with Gasteiger partial charge in [-0.3, -0.25) is 19.3 Å². The number of para-hydroxylation sites is 1. The zero-order chi connectivity index (χ0) is 20.8. The van der Waals surface area contributed by atoms with Crippen LogP contribution in [-0.2, 0) is 19.2 Å². The number of fused-ring (bicyclic) bond motifs is 1. The van der Waals surface area contributed by atoms with Gasteiger partial charge in [-0.1, -0.05) is 18.2 Å². The highest BCUT2D eigenvalue weighted by molar-refractivity contribution is 8.00. The molecule has 2 amide bonds. The summed E-state index contributed by atoms with van der Waals surface area (Å²) >= 11 is 1.19. The maximum Gasteiger partial charge on any atom is 0.356 e. The Hall–Kier alpha value is -3.21. The van der Waals surface area contributed by atoms with Gasteiger partial charge < -0.3 is 25.4 Å². The maximum atomic E-state index is 12.1. The molecule has 0 radical (unpaired) electrons. The second-order valence-electron chi connectivity index (χ2n) is 5.68. The maximum absolute atomic E-state index is 12.1. The summed E-state index contributed by atoms with van der Waals surface area (Å²) in [5.74, 6) is -3.00. The topological polar surface area (TPSA) is 153 Å². The second kappa shape index (κ2) is 9.13. The van der Waals surface area contributed by atoms with E-state index >= 15 is 0 Å². The minimum atomic E-state index is -1.37. The van der Waals surface area contributed by atoms with E-state index in [4.69, 9.17) is 19.7 Å². The fourth-order valence-corrected chi connectivity index (χ4v) is 3.68. The summed E-state index contributed by atoms with van der Waals surface area (Å²) in [5.41, 5.74) is -0.421. The number of amides is 2. The number of carbonyl (C=O) groups is 4. The lowest BCUT2D eigenvalue weighted by Gasteiger charge is -2.48. The summed E-state index contributed by atoms with van der Waals surface area (Å²) in [6.07, 6.45) is 0. The van der Waals surface area contributed by atoms with Crippen molar-refractivity contribution in [3.63, 3.8) is 0 Å². The molecule has 0 bridgehead atoms. The standard InChI is InChI=1S/C15H14N2O6S.C2H4O2/c18-9-7-24-14-11(13(20)17(14)12(9)15(21)22)16-10(19)6-23-8-4-2-1-3-5-8;1-2(3)4/h1-5,11,14,18H,6-7H2,(H,16,19)(H,21,22);1H3,(H,3,4)/t11?,14-;/m0./s1. The quantitative estimate of drug-likeness (QED) is 0.505. The zero-order valence-corrected chi connectivity index (χ0v) is 15.5. The Morgan fingerprint density at radius 1 is 1.25 bits per heavy atom. The number of carbonyl (C=O) groups excluding carboxylic acids is 2. The fraction of sp³-hybridized carbons (Fsp3) is 0.294. The lowest BCUT2D eigenvalue weighted by molar-refractivity contribution is -0.151. The van der Waals surface area contributed by atoms with Crippen LogP contribution in [0.1, 0.15) is 6.92 Å². The van der Waals surface area contributed by atoms with Crippen LogP contribution in [-0.4, -0.2) is 67.7 Å². The second-order valence-corrected chi connectivity index (χ2v) is 6.78. The van der Waals surface area contributed by atoms with Gasteiger partial charge in [-0.05, 0) is 12.1 Å². The molecule has 150 valence electrons. The molecule has 1 saturated heterocycles. The van der Waals surface area contributed by atoms with E-state index in [0.717, 1.165) is 11.8 Å². The highest BCUT2D eigenvalue weighted by Gasteiger charge is 2.54. The van der Waals surface area contributed by atoms with Crippen LogP contribution >= 0.6 is 11.8 Å². The van der Waals surface area contributed by atoms with Gasteiger partial charge in [-0.25, -0.2) is 4.79 Å². The normalized spacial score (nSPS) is 20.2. The van der Waals surface area contributed by atoms with Crippen molar-refractivity contribution in [2.45, 2.75) is 18.3 Å². The van der Waals surface area contributed by atoms with E-state index in [0.29, 0.717) is 5.75 Å². The minimum Gasteiger partial charge on any atom is -0.509 e. The Bertz CT molecular complexity index is 807. The van der Waals surface area contributed by atoms with Crippen molar-refractivity contribution in [2.75, 3.05) is 12.4 Å². The molecule has 2 atom stereocenters. The number of ether oxygens (including phenoxy) is 1. The third kappa shape index (κ3) is 4.94. The SMILES string of the molecule is CC(=O)O.O=C(COc1ccccc1)NC1C(=O)N2C(C(=O)O)=C(O)CS[C@@H]12. The van der Waals surface area contributed by atoms with Gasteiger partial charge in [0.25, 0.3) is 17.8 Å². The monoisotopic (exact) mass is 410 g/mol. The summed E-state index contributed by atoms with van der Waals surface area (Å²) in [6, 6.07) is 7.93. The van der Waals surface area contributed by atoms with Crippen LogP contribution < -0.4 is 10.1 Å². The van der Waals surface area contributed by atoms with E-state index in [9.17, 15) is 19.5 Å². The molecule has 0 spiro atoms. The molecule has 2 aliphatic rings. The molecule has 4 N–H and O–H groups in total. The van der Waals surface area contributed by atoms with Gasteiger partial charge in [0.15, 0.2) is 12.3 Å². The number of β-lactam (4-membered cyclic amide) rings is 1. The molecule has 2 heterocycles. The smallest absolute Gasteiger partial charge is 0.356 e. The predicted octanol–water partition coefficient (Wildman–Crippen LogP) is 0.410. The highest BCUT2D eigenvalue weighted by Crippen LogP contribution is 2.39. The van der Waals surface area contributed by atoms with E-state index in [1.807, 2.05) is 6.07 Å². The molecule has 1 fully saturated rings. The number of aliphatic hydroxyl groups is 1. The number of nitrogens with zero attached hydrogens (tertiary/aromatic N) is 1. The highest BCUT2D eigenvalue weighted by atomic mass is 32.2. The molecular formula is C17H18N2O8S. The molecular weight excluding hydrogens is 392 g/mol. The largest absolute Gasteiger partial charge is 0.509 e. The van der Waals surface area contributed by atoms with Gasteiger partial charge in [0.2, 0.25) is 0 Å². The van der Waals surface area contributed by atoms with Crippen molar-refractivity contribution in [3.05, 3.63) is 41.8 Å². The van der Waals surface area contributed by atoms with Gasteiger partial charge in [0, 0.05) is 6.92 Å². The lowest BCUT2D eigenvalue weighted by Crippen LogP contribution is -2.70. The van der Waals surface area contributed by atoms with Crippen LogP contribution in [0, 0.1) is 0 Å². The summed E-state index contributed by atoms with van der Waals surface area (Å²) in [6.45, 7) is 0.831. The number of nitrogens with one attached hydrogen (secondary N) is 1. The minimum absolute atomic E-state index is 0.0724. The number of carboxylic acids is 2. The van der Waals surface area contributed by atoms with Crippen molar-refractivity contribution >= 4 is 35.5 Å². The molecule has 3 rings (SSSR count). The first-order valence-electron chi connectivity index (χ1n) is 7.99. The predicted molar refractivity (Wildman–Crippen MR) is 97.6 cm³/mol. The number of hydrogen-bond acceptors (Lipinski definition) is 7. The number of thioether (sulfide) groups is 1. The van der Waals surface area contributed by atoms with Gasteiger partial charge in [-0.15, -0.1) is 11.8 Å². The van der Waals surface area contributed by atoms with Gasteiger partial charge in [0.1, 0.15) is 22.9 Å². The van der Waals surface area contributed by atoms with Crippen LogP contribution in [0.4, 0.5) is 0 Å². The average molecular weight is 410 g/mol. The Kier molecular flexibility index (Phi) is 6.88. The molecule has 1 aromatic rings. The number of carboxylic acid groups (broad SMARTS) is 2. The van der Waals surface area contributed by atoms with Crippen molar-refractivity contribution in [2.24, 2.45) is 0 Å². The number of benzene rings is 1. The third-order valence-electron chi connectivity index (χ3n) is 3.58. The third-order valence-corrected chi connectivity index (χ3v) is 4.84. The van der Waals surface area contributed by atoms with Gasteiger partial charge >= 0.3 is 5.97 Å². The molecule has 11 heteroatoms. The first-order chi connectivity index (χ1) is 13.2. The molecule has 10 nitrogen and oxygen atoms in total. The Morgan fingerprint density at radius 3 is 2.43 bits per heavy atom. The van der Waals surface area contributed by atoms with Crippen molar-refractivity contribution in [1.29, 1.82) is 0 Å². The first-order valence-corrected chi connectivity index (χ1v) is 9.04. The number of hydrogen-bond donors (Lipinski definition) is 4. The molecule has 0 aromatic heterocycles. The Balaban J connectivity index is 0.000000640. The number of aliphatic carboxylic acids is 2. The molecule has 0 aliphatic carbocycles. The molecule has 28 heavy (non-hydrogen) atoms. The van der Waals surface area contributed by atoms with E-state index in [2.05, 4.69) is 5.32 Å². The average Bonchev–Trinajstić information content (AvgIpc) is 2.64. The Morgan fingerprint density at radius 2 is 1.86 bits per heavy atom. The summed E-state index contributed by atoms with van der Waals surface area (Å²) in [5, 5.41) is 28.1. The van der Waals surface area contributed by atoms with E-state index in [-0.39, 0.29) is 18.1 Å². The zero-order valence-electron chi connectivity index (χ0n) is 14.7. The van der Waals surface area contributed by atoms with Gasteiger partial charge in [-0.2, -0.15) is 0 Å². The molecule has 1 aromatic carbocycles. The van der Waals surface area contributed by atoms with Crippen molar-refractivity contribution < 1.29 is 39.2 Å². The number of aliphatic hydroxyl groups excluding tert-OH is 1. The summed E-state index contributed by atoms with van der Waals surface area (Å²) < 4.78 is 5.30. The lowest BCUT2D eigenvalue weighted by atomic mass is 10.0. The first kappa shape index (κ1) is 21.1. The van der Waals surface area contributed by atoms with Gasteiger partial charge in [0.05, 0.1) is 5.75 Å². The van der Waals surface area contributed by atoms with Crippen LogP contribution in [0.2, 0.25) is 0 Å². The Labute approximate surface area is 163 Å². The van der Waals surface area contributed by atoms with E-state index in [1.165, 1.54) is 11.8 Å². The van der Waals surface area contributed by atoms with Crippen LogP contribution in [0.3, 0.4) is 0 Å². The van der Waals surface area contributed by atoms with Crippen LogP contribution in [0.25, 0.3) is 0 Å². The van der Waals surface area contributed by atoms with Crippen LogP contribution in [0.15, 0.2) is 41.8 Å². The molecule has 0 saturated carbocycles. The molecule has 1 unspecified atom stereocenters. The van der Waals surface area contributed by atoms with E-state index < -0.39 is 40.9 Å².